The van der Waals surface area contributed by atoms with Crippen LogP contribution in [0.4, 0.5) is 0 Å². The van der Waals surface area contributed by atoms with Crippen molar-refractivity contribution in [3.05, 3.63) is 24.3 Å². The highest BCUT2D eigenvalue weighted by atomic mass is 16.5. The fraction of sp³-hybridized carbons (Fsp3) is 0.722. The summed E-state index contributed by atoms with van der Waals surface area (Å²) in [5.41, 5.74) is 0.686. The van der Waals surface area contributed by atoms with Crippen molar-refractivity contribution in [2.24, 2.45) is 17.3 Å². The third-order valence-electron chi connectivity index (χ3n) is 5.94. The molecule has 0 bridgehead atoms. The molecule has 2 aliphatic heterocycles. The van der Waals surface area contributed by atoms with E-state index in [4.69, 9.17) is 4.74 Å². The van der Waals surface area contributed by atoms with Gasteiger partial charge in [-0.25, -0.2) is 9.97 Å². The Morgan fingerprint density at radius 1 is 1.42 bits per heavy atom. The van der Waals surface area contributed by atoms with E-state index < -0.39 is 0 Å². The van der Waals surface area contributed by atoms with Gasteiger partial charge in [0.1, 0.15) is 12.0 Å². The van der Waals surface area contributed by atoms with Gasteiger partial charge in [-0.15, -0.1) is 0 Å². The smallest absolute Gasteiger partial charge is 0.272 e. The first-order valence-corrected chi connectivity index (χ1v) is 8.97. The molecule has 6 nitrogen and oxygen atoms in total. The van der Waals surface area contributed by atoms with Crippen LogP contribution in [0.2, 0.25) is 0 Å². The third-order valence-corrected chi connectivity index (χ3v) is 5.94. The summed E-state index contributed by atoms with van der Waals surface area (Å²) in [5, 5.41) is 0. The van der Waals surface area contributed by atoms with E-state index >= 15 is 0 Å². The van der Waals surface area contributed by atoms with Gasteiger partial charge in [0.15, 0.2) is 0 Å². The van der Waals surface area contributed by atoms with E-state index in [1.54, 1.807) is 19.4 Å². The van der Waals surface area contributed by atoms with Gasteiger partial charge >= 0.3 is 0 Å². The predicted octanol–water partition coefficient (Wildman–Crippen LogP) is 1.30. The zero-order chi connectivity index (χ0) is 16.6. The first-order chi connectivity index (χ1) is 11.7. The van der Waals surface area contributed by atoms with E-state index in [-0.39, 0.29) is 11.3 Å². The topological polar surface area (TPSA) is 58.6 Å². The molecule has 0 unspecified atom stereocenters. The maximum Gasteiger partial charge on any atom is 0.272 e. The van der Waals surface area contributed by atoms with E-state index in [0.717, 1.165) is 45.1 Å². The number of methoxy groups -OCH3 is 1. The summed E-state index contributed by atoms with van der Waals surface area (Å²) in [4.78, 5) is 25.3. The van der Waals surface area contributed by atoms with Gasteiger partial charge in [0.2, 0.25) is 0 Å². The minimum absolute atomic E-state index is 0.0334. The second kappa shape index (κ2) is 6.41. The molecule has 2 saturated heterocycles. The summed E-state index contributed by atoms with van der Waals surface area (Å²) >= 11 is 0. The molecule has 24 heavy (non-hydrogen) atoms. The molecular weight excluding hydrogens is 304 g/mol. The first-order valence-electron chi connectivity index (χ1n) is 8.97. The molecule has 1 saturated carbocycles. The van der Waals surface area contributed by atoms with Crippen LogP contribution in [0.15, 0.2) is 18.6 Å². The van der Waals surface area contributed by atoms with Crippen LogP contribution in [0.3, 0.4) is 0 Å². The fourth-order valence-corrected chi connectivity index (χ4v) is 4.49. The van der Waals surface area contributed by atoms with E-state index in [1.807, 2.05) is 4.90 Å². The number of hydrogen-bond acceptors (Lipinski definition) is 5. The lowest BCUT2D eigenvalue weighted by Gasteiger charge is -2.30. The summed E-state index contributed by atoms with van der Waals surface area (Å²) in [5.74, 6) is 1.46. The van der Waals surface area contributed by atoms with Crippen molar-refractivity contribution in [2.45, 2.75) is 19.3 Å². The van der Waals surface area contributed by atoms with Crippen molar-refractivity contribution < 1.29 is 9.53 Å². The summed E-state index contributed by atoms with van der Waals surface area (Å²) in [6.07, 6.45) is 6.92. The number of ether oxygens (including phenoxy) is 1. The highest BCUT2D eigenvalue weighted by Crippen LogP contribution is 2.45. The molecule has 1 aromatic rings. The number of carbonyl (C=O) groups is 1. The molecule has 1 aliphatic carbocycles. The first kappa shape index (κ1) is 16.0. The number of hydrogen-bond donors (Lipinski definition) is 0. The highest BCUT2D eigenvalue weighted by molar-refractivity contribution is 5.92. The molecule has 1 aromatic heterocycles. The largest absolute Gasteiger partial charge is 0.384 e. The van der Waals surface area contributed by atoms with Crippen molar-refractivity contribution in [2.75, 3.05) is 46.4 Å². The number of carbonyl (C=O) groups excluding carboxylic acids is 1. The molecule has 1 spiro atoms. The second-order valence-electron chi connectivity index (χ2n) is 7.72. The zero-order valence-electron chi connectivity index (χ0n) is 14.4. The Balaban J connectivity index is 1.46. The molecule has 0 aromatic carbocycles. The maximum atomic E-state index is 12.7. The van der Waals surface area contributed by atoms with Crippen LogP contribution in [0.5, 0.6) is 0 Å². The van der Waals surface area contributed by atoms with Crippen molar-refractivity contribution >= 4 is 5.91 Å². The molecule has 2 atom stereocenters. The number of likely N-dealkylation sites (tertiary alicyclic amines) is 2. The van der Waals surface area contributed by atoms with Crippen LogP contribution in [-0.4, -0.2) is 72.1 Å². The quantitative estimate of drug-likeness (QED) is 0.814. The van der Waals surface area contributed by atoms with E-state index in [1.165, 1.54) is 25.7 Å². The Morgan fingerprint density at radius 3 is 3.00 bits per heavy atom. The van der Waals surface area contributed by atoms with Gasteiger partial charge in [0, 0.05) is 57.4 Å². The van der Waals surface area contributed by atoms with E-state index in [2.05, 4.69) is 14.9 Å². The summed E-state index contributed by atoms with van der Waals surface area (Å²) in [6, 6.07) is 1.70. The number of amides is 1. The van der Waals surface area contributed by atoms with E-state index in [0.29, 0.717) is 11.6 Å². The molecule has 3 heterocycles. The van der Waals surface area contributed by atoms with Gasteiger partial charge in [0.05, 0.1) is 6.61 Å². The van der Waals surface area contributed by atoms with Crippen molar-refractivity contribution in [1.29, 1.82) is 0 Å². The monoisotopic (exact) mass is 330 g/mol. The Bertz CT molecular complexity index is 592. The van der Waals surface area contributed by atoms with Crippen molar-refractivity contribution in [3.8, 4) is 0 Å². The fourth-order valence-electron chi connectivity index (χ4n) is 4.49. The van der Waals surface area contributed by atoms with Gasteiger partial charge in [0.25, 0.3) is 5.91 Å². The third kappa shape index (κ3) is 3.05. The van der Waals surface area contributed by atoms with Crippen LogP contribution in [-0.2, 0) is 4.74 Å². The Labute approximate surface area is 143 Å². The van der Waals surface area contributed by atoms with Crippen LogP contribution in [0.25, 0.3) is 0 Å². The number of rotatable bonds is 5. The number of aromatic nitrogens is 2. The molecule has 0 N–H and O–H groups in total. The lowest BCUT2D eigenvalue weighted by atomic mass is 9.77. The minimum Gasteiger partial charge on any atom is -0.384 e. The Kier molecular flexibility index (Phi) is 4.26. The minimum atomic E-state index is 0.0334. The highest BCUT2D eigenvalue weighted by Gasteiger charge is 2.51. The van der Waals surface area contributed by atoms with E-state index in [9.17, 15) is 4.79 Å². The lowest BCUT2D eigenvalue weighted by Crippen LogP contribution is -2.38. The molecular formula is C18H26N4O2. The van der Waals surface area contributed by atoms with Gasteiger partial charge in [-0.3, -0.25) is 4.79 Å². The summed E-state index contributed by atoms with van der Waals surface area (Å²) in [7, 11) is 1.79. The van der Waals surface area contributed by atoms with Gasteiger partial charge in [-0.2, -0.15) is 0 Å². The van der Waals surface area contributed by atoms with Crippen molar-refractivity contribution in [3.63, 3.8) is 0 Å². The van der Waals surface area contributed by atoms with Crippen LogP contribution >= 0.6 is 0 Å². The molecule has 1 amide bonds. The Morgan fingerprint density at radius 2 is 2.29 bits per heavy atom. The average molecular weight is 330 g/mol. The molecule has 130 valence electrons. The van der Waals surface area contributed by atoms with Crippen LogP contribution in [0, 0.1) is 17.3 Å². The van der Waals surface area contributed by atoms with Gasteiger partial charge in [-0.05, 0) is 31.2 Å². The lowest BCUT2D eigenvalue weighted by molar-refractivity contribution is 0.0710. The molecule has 0 radical (unpaired) electrons. The van der Waals surface area contributed by atoms with Crippen LogP contribution in [0.1, 0.15) is 29.8 Å². The molecule has 6 heteroatoms. The second-order valence-corrected chi connectivity index (χ2v) is 7.72. The van der Waals surface area contributed by atoms with Gasteiger partial charge in [-0.1, -0.05) is 0 Å². The molecule has 3 fully saturated rings. The van der Waals surface area contributed by atoms with Gasteiger partial charge < -0.3 is 14.5 Å². The van der Waals surface area contributed by atoms with Crippen molar-refractivity contribution in [1.82, 2.24) is 19.8 Å². The number of nitrogens with zero attached hydrogens (tertiary/aromatic N) is 4. The molecule has 3 aliphatic rings. The summed E-state index contributed by atoms with van der Waals surface area (Å²) < 4.78 is 5.51. The summed E-state index contributed by atoms with van der Waals surface area (Å²) in [6.45, 7) is 5.87. The molecule has 4 rings (SSSR count). The van der Waals surface area contributed by atoms with Crippen LogP contribution < -0.4 is 0 Å². The zero-order valence-corrected chi connectivity index (χ0v) is 14.4. The maximum absolute atomic E-state index is 12.7. The average Bonchev–Trinajstić information content (AvgIpc) is 3.22. The SMILES string of the molecule is COC[C@@H]1CN(CC2CC2)C[C@]12CCN(C(=O)c1ccncn1)C2. The predicted molar refractivity (Wildman–Crippen MR) is 89.5 cm³/mol. The normalized spacial score (nSPS) is 30.4. The Hall–Kier alpha value is -1.53. The standard InChI is InChI=1S/C18H26N4O2/c1-24-10-15-9-21(8-14-2-3-14)11-18(15)5-7-22(12-18)17(23)16-4-6-19-13-20-16/h4,6,13-15H,2-3,5,7-12H2,1H3/t15-,18-/m0/s1.